The lowest BCUT2D eigenvalue weighted by molar-refractivity contribution is -0.116. The summed E-state index contributed by atoms with van der Waals surface area (Å²) in [4.78, 5) is 11.1. The van der Waals surface area contributed by atoms with Gasteiger partial charge in [0.15, 0.2) is 0 Å². The molecule has 0 aliphatic heterocycles. The van der Waals surface area contributed by atoms with Gasteiger partial charge in [0.2, 0.25) is 0 Å². The second-order valence-electron chi connectivity index (χ2n) is 3.07. The molecule has 0 fully saturated rings. The maximum atomic E-state index is 12.0. The van der Waals surface area contributed by atoms with Crippen molar-refractivity contribution in [2.24, 2.45) is 0 Å². The summed E-state index contributed by atoms with van der Waals surface area (Å²) in [7, 11) is 0. The molecule has 0 spiro atoms. The number of hydrogen-bond acceptors (Lipinski definition) is 3. The van der Waals surface area contributed by atoms with Gasteiger partial charge in [-0.25, -0.2) is 0 Å². The number of hydrogen-bond donors (Lipinski definition) is 1. The summed E-state index contributed by atoms with van der Waals surface area (Å²) in [5.41, 5.74) is 0.508. The fraction of sp³-hybridized carbons (Fsp3) is 0.300. The van der Waals surface area contributed by atoms with E-state index in [1.807, 2.05) is 0 Å². The quantitative estimate of drug-likeness (QED) is 0.679. The molecule has 6 heteroatoms. The van der Waals surface area contributed by atoms with Gasteiger partial charge >= 0.3 is 6.61 Å². The molecule has 1 aromatic rings. The van der Waals surface area contributed by atoms with Gasteiger partial charge in [-0.15, -0.1) is 12.6 Å². The van der Waals surface area contributed by atoms with Crippen molar-refractivity contribution in [2.45, 2.75) is 23.3 Å². The number of benzene rings is 1. The number of alkyl halides is 3. The predicted molar refractivity (Wildman–Crippen MR) is 62.7 cm³/mol. The Balaban J connectivity index is 3.03. The summed E-state index contributed by atoms with van der Waals surface area (Å²) < 4.78 is 28.2. The fourth-order valence-electron chi connectivity index (χ4n) is 1.13. The normalized spacial score (nSPS) is 12.6. The Morgan fingerprint density at radius 1 is 1.50 bits per heavy atom. The number of rotatable bonds is 4. The van der Waals surface area contributed by atoms with Crippen molar-refractivity contribution in [3.05, 3.63) is 23.8 Å². The monoisotopic (exact) mass is 310 g/mol. The molecule has 0 aromatic heterocycles. The van der Waals surface area contributed by atoms with Crippen molar-refractivity contribution in [1.29, 1.82) is 0 Å². The Morgan fingerprint density at radius 3 is 2.62 bits per heavy atom. The van der Waals surface area contributed by atoms with Crippen molar-refractivity contribution in [3.63, 3.8) is 0 Å². The van der Waals surface area contributed by atoms with E-state index >= 15 is 0 Å². The van der Waals surface area contributed by atoms with Gasteiger partial charge in [-0.1, -0.05) is 15.9 Å². The Labute approximate surface area is 106 Å². The van der Waals surface area contributed by atoms with Crippen molar-refractivity contribution >= 4 is 34.3 Å². The number of thiol groups is 1. The molecular formula is C10H9BrF2O2S. The molecule has 1 atom stereocenters. The van der Waals surface area contributed by atoms with Crippen LogP contribution in [-0.4, -0.2) is 12.4 Å². The molecule has 1 rings (SSSR count). The fourth-order valence-corrected chi connectivity index (χ4v) is 1.95. The second-order valence-corrected chi connectivity index (χ2v) is 4.47. The topological polar surface area (TPSA) is 26.3 Å². The van der Waals surface area contributed by atoms with E-state index in [1.54, 1.807) is 0 Å². The molecule has 0 aliphatic carbocycles. The van der Waals surface area contributed by atoms with Crippen molar-refractivity contribution < 1.29 is 18.3 Å². The Morgan fingerprint density at radius 2 is 2.12 bits per heavy atom. The molecule has 2 nitrogen and oxygen atoms in total. The van der Waals surface area contributed by atoms with E-state index in [0.29, 0.717) is 10.5 Å². The summed E-state index contributed by atoms with van der Waals surface area (Å²) in [6.45, 7) is -1.49. The first-order valence-corrected chi connectivity index (χ1v) is 5.70. The number of ketones is 1. The van der Waals surface area contributed by atoms with Gasteiger partial charge < -0.3 is 4.74 Å². The van der Waals surface area contributed by atoms with Crippen LogP contribution in [0.25, 0.3) is 0 Å². The Kier molecular flexibility index (Phi) is 4.73. The highest BCUT2D eigenvalue weighted by Gasteiger charge is 2.17. The standard InChI is InChI=1S/C10H9BrF2O2S/c1-5(14)9(11)7-4-6(15-10(12)13)2-3-8(7)16/h2-4,9-10,16H,1H3. The minimum Gasteiger partial charge on any atom is -0.435 e. The SMILES string of the molecule is CC(=O)C(Br)c1cc(OC(F)F)ccc1S. The summed E-state index contributed by atoms with van der Waals surface area (Å²) >= 11 is 7.30. The first kappa shape index (κ1) is 13.4. The van der Waals surface area contributed by atoms with Crippen LogP contribution in [0.5, 0.6) is 5.75 Å². The van der Waals surface area contributed by atoms with E-state index in [0.717, 1.165) is 0 Å². The zero-order chi connectivity index (χ0) is 12.3. The van der Waals surface area contributed by atoms with Crippen LogP contribution in [0.2, 0.25) is 0 Å². The number of Topliss-reactive ketones (excluding diaryl/α,β-unsaturated/α-hetero) is 1. The molecule has 0 saturated carbocycles. The minimum absolute atomic E-state index is 0.00787. The largest absolute Gasteiger partial charge is 0.435 e. The lowest BCUT2D eigenvalue weighted by atomic mass is 10.1. The van der Waals surface area contributed by atoms with Gasteiger partial charge in [-0.05, 0) is 30.7 Å². The minimum atomic E-state index is -2.88. The van der Waals surface area contributed by atoms with Crippen molar-refractivity contribution in [2.75, 3.05) is 0 Å². The zero-order valence-electron chi connectivity index (χ0n) is 8.28. The lowest BCUT2D eigenvalue weighted by Crippen LogP contribution is -2.05. The Hall–Kier alpha value is -0.620. The summed E-state index contributed by atoms with van der Waals surface area (Å²) in [6.07, 6.45) is 0. The highest BCUT2D eigenvalue weighted by Crippen LogP contribution is 2.32. The highest BCUT2D eigenvalue weighted by atomic mass is 79.9. The number of carbonyl (C=O) groups is 1. The highest BCUT2D eigenvalue weighted by molar-refractivity contribution is 9.09. The zero-order valence-corrected chi connectivity index (χ0v) is 10.8. The number of ether oxygens (including phenoxy) is 1. The van der Waals surface area contributed by atoms with Gasteiger partial charge in [0, 0.05) is 4.90 Å². The van der Waals surface area contributed by atoms with Crippen LogP contribution < -0.4 is 4.74 Å². The summed E-state index contributed by atoms with van der Waals surface area (Å²) in [5.74, 6) is -0.127. The molecule has 0 radical (unpaired) electrons. The first-order valence-electron chi connectivity index (χ1n) is 4.34. The molecule has 1 aromatic carbocycles. The van der Waals surface area contributed by atoms with Crippen LogP contribution >= 0.6 is 28.6 Å². The summed E-state index contributed by atoms with van der Waals surface area (Å²) in [6, 6.07) is 4.25. The molecule has 0 bridgehead atoms. The molecule has 0 aliphatic rings. The number of carbonyl (C=O) groups excluding carboxylic acids is 1. The molecule has 0 saturated heterocycles. The third-order valence-corrected chi connectivity index (χ3v) is 3.40. The van der Waals surface area contributed by atoms with E-state index in [2.05, 4.69) is 33.3 Å². The third kappa shape index (κ3) is 3.45. The van der Waals surface area contributed by atoms with E-state index in [-0.39, 0.29) is 11.5 Å². The van der Waals surface area contributed by atoms with Crippen LogP contribution in [0.15, 0.2) is 23.1 Å². The van der Waals surface area contributed by atoms with Crippen molar-refractivity contribution in [1.82, 2.24) is 0 Å². The predicted octanol–water partition coefficient (Wildman–Crippen LogP) is 3.60. The van der Waals surface area contributed by atoms with Crippen LogP contribution in [-0.2, 0) is 4.79 Å². The van der Waals surface area contributed by atoms with Crippen LogP contribution in [0.1, 0.15) is 17.3 Å². The maximum Gasteiger partial charge on any atom is 0.387 e. The van der Waals surface area contributed by atoms with Gasteiger partial charge in [0.25, 0.3) is 0 Å². The van der Waals surface area contributed by atoms with Gasteiger partial charge in [0.1, 0.15) is 11.5 Å². The molecule has 88 valence electrons. The molecule has 0 N–H and O–H groups in total. The maximum absolute atomic E-state index is 12.0. The molecule has 0 amide bonds. The van der Waals surface area contributed by atoms with Crippen LogP contribution in [0, 0.1) is 0 Å². The van der Waals surface area contributed by atoms with E-state index in [4.69, 9.17) is 0 Å². The second kappa shape index (κ2) is 5.63. The molecular weight excluding hydrogens is 302 g/mol. The van der Waals surface area contributed by atoms with Gasteiger partial charge in [-0.2, -0.15) is 8.78 Å². The molecule has 0 heterocycles. The Bertz CT molecular complexity index is 398. The average molecular weight is 311 g/mol. The average Bonchev–Trinajstić information content (AvgIpc) is 2.19. The van der Waals surface area contributed by atoms with Gasteiger partial charge in [0.05, 0.1) is 4.83 Å². The van der Waals surface area contributed by atoms with Gasteiger partial charge in [-0.3, -0.25) is 4.79 Å². The van der Waals surface area contributed by atoms with Crippen LogP contribution in [0.3, 0.4) is 0 Å². The van der Waals surface area contributed by atoms with Crippen molar-refractivity contribution in [3.8, 4) is 5.75 Å². The third-order valence-electron chi connectivity index (χ3n) is 1.85. The van der Waals surface area contributed by atoms with Crippen LogP contribution in [0.4, 0.5) is 8.78 Å². The van der Waals surface area contributed by atoms with E-state index in [9.17, 15) is 13.6 Å². The smallest absolute Gasteiger partial charge is 0.387 e. The lowest BCUT2D eigenvalue weighted by Gasteiger charge is -2.12. The molecule has 1 unspecified atom stereocenters. The summed E-state index contributed by atoms with van der Waals surface area (Å²) in [5, 5.41) is 0. The molecule has 16 heavy (non-hydrogen) atoms. The van der Waals surface area contributed by atoms with E-state index < -0.39 is 11.4 Å². The first-order chi connectivity index (χ1) is 7.41. The van der Waals surface area contributed by atoms with E-state index in [1.165, 1.54) is 25.1 Å². The number of halogens is 3.